The average molecular weight is 660 g/mol. The normalized spacial score (nSPS) is 10.5. The molecule has 3 aromatic carbocycles. The van der Waals surface area contributed by atoms with Gasteiger partial charge in [-0.25, -0.2) is 9.59 Å². The number of hydrogen-bond donors (Lipinski definition) is 2. The molecule has 3 rings (SSSR count). The molecule has 0 aliphatic heterocycles. The number of carbonyl (C=O) groups excluding carboxylic acids is 2. The van der Waals surface area contributed by atoms with Crippen LogP contribution in [-0.4, -0.2) is 41.5 Å². The molecule has 0 unspecified atom stereocenters. The van der Waals surface area contributed by atoms with E-state index >= 15 is 0 Å². The lowest BCUT2D eigenvalue weighted by molar-refractivity contribution is -0.404. The van der Waals surface area contributed by atoms with Gasteiger partial charge in [0.15, 0.2) is 0 Å². The minimum absolute atomic E-state index is 0.248. The van der Waals surface area contributed by atoms with Crippen molar-refractivity contribution >= 4 is 57.4 Å². The van der Waals surface area contributed by atoms with Gasteiger partial charge in [-0.15, -0.1) is 0 Å². The van der Waals surface area contributed by atoms with Crippen LogP contribution in [0.4, 0.5) is 45.5 Å². The van der Waals surface area contributed by atoms with E-state index in [9.17, 15) is 70.3 Å². The van der Waals surface area contributed by atoms with Gasteiger partial charge in [0.05, 0.1) is 76.3 Å². The highest BCUT2D eigenvalue weighted by Gasteiger charge is 2.34. The third-order valence-electron chi connectivity index (χ3n) is 6.36. The summed E-state index contributed by atoms with van der Waals surface area (Å²) >= 11 is 0. The van der Waals surface area contributed by atoms with Gasteiger partial charge < -0.3 is 20.9 Å². The van der Waals surface area contributed by atoms with E-state index in [4.69, 9.17) is 20.9 Å². The number of rotatable bonds is 12. The number of esters is 2. The molecule has 0 atom stereocenters. The fourth-order valence-corrected chi connectivity index (χ4v) is 4.12. The smallest absolute Gasteiger partial charge is 0.339 e. The lowest BCUT2D eigenvalue weighted by atomic mass is 9.98. The summed E-state index contributed by atoms with van der Waals surface area (Å²) in [5, 5.41) is 68.4. The Morgan fingerprint density at radius 2 is 0.936 bits per heavy atom. The molecule has 0 heterocycles. The SMILES string of the molecule is Cc1c(N)c(N)cc(C(=O)OCc2c([N+](=O)[O-])cc([N+](=O)[O-])cc2[N+](=O)[O-])c1C(=O)OCc1c([N+](=O)[O-])cc([N+](=O)[O-])cc1[N+](=O)[O-]. The third kappa shape index (κ3) is 6.89. The molecule has 0 aliphatic rings. The van der Waals surface area contributed by atoms with Gasteiger partial charge in [-0.05, 0) is 18.6 Å². The van der Waals surface area contributed by atoms with Crippen LogP contribution in [-0.2, 0) is 22.7 Å². The summed E-state index contributed by atoms with van der Waals surface area (Å²) in [6, 6.07) is 2.35. The maximum atomic E-state index is 13.2. The molecule has 3 aromatic rings. The Morgan fingerprint density at radius 3 is 1.26 bits per heavy atom. The highest BCUT2D eigenvalue weighted by Crippen LogP contribution is 2.37. The summed E-state index contributed by atoms with van der Waals surface area (Å²) in [6.45, 7) is -1.31. The Balaban J connectivity index is 2.05. The molecule has 0 amide bonds. The maximum absolute atomic E-state index is 13.2. The molecule has 0 fully saturated rings. The van der Waals surface area contributed by atoms with Gasteiger partial charge in [0.1, 0.15) is 24.3 Å². The largest absolute Gasteiger partial charge is 0.457 e. The molecule has 0 saturated carbocycles. The van der Waals surface area contributed by atoms with Crippen molar-refractivity contribution in [2.75, 3.05) is 11.5 Å². The number of benzene rings is 3. The number of ether oxygens (including phenoxy) is 2. The number of non-ortho nitro benzene ring substituents is 2. The second-order valence-corrected chi connectivity index (χ2v) is 9.05. The number of nitrogen functional groups attached to an aromatic ring is 2. The van der Waals surface area contributed by atoms with Crippen molar-refractivity contribution in [1.82, 2.24) is 0 Å². The number of nitrogens with zero attached hydrogens (tertiary/aromatic N) is 6. The van der Waals surface area contributed by atoms with Gasteiger partial charge in [0.25, 0.3) is 34.1 Å². The Morgan fingerprint density at radius 1 is 0.596 bits per heavy atom. The van der Waals surface area contributed by atoms with E-state index in [1.807, 2.05) is 0 Å². The van der Waals surface area contributed by atoms with Crippen LogP contribution < -0.4 is 11.5 Å². The van der Waals surface area contributed by atoms with E-state index in [-0.39, 0.29) is 16.9 Å². The first-order valence-corrected chi connectivity index (χ1v) is 12.1. The fraction of sp³-hybridized carbons (Fsp3) is 0.130. The summed E-state index contributed by atoms with van der Waals surface area (Å²) < 4.78 is 9.97. The van der Waals surface area contributed by atoms with E-state index < -0.39 is 111 Å². The van der Waals surface area contributed by atoms with Crippen LogP contribution in [0.5, 0.6) is 0 Å². The van der Waals surface area contributed by atoms with Crippen molar-refractivity contribution < 1.29 is 48.6 Å². The molecule has 24 nitrogen and oxygen atoms in total. The number of hydrogen-bond acceptors (Lipinski definition) is 18. The molecule has 244 valence electrons. The van der Waals surface area contributed by atoms with Crippen LogP contribution >= 0.6 is 0 Å². The van der Waals surface area contributed by atoms with Gasteiger partial charge in [0.2, 0.25) is 0 Å². The third-order valence-corrected chi connectivity index (χ3v) is 6.36. The lowest BCUT2D eigenvalue weighted by Gasteiger charge is -2.16. The van der Waals surface area contributed by atoms with E-state index in [0.717, 1.165) is 13.0 Å². The lowest BCUT2D eigenvalue weighted by Crippen LogP contribution is -2.18. The molecule has 0 spiro atoms. The minimum atomic E-state index is -1.51. The summed E-state index contributed by atoms with van der Waals surface area (Å²) in [7, 11) is 0. The first-order chi connectivity index (χ1) is 21.9. The quantitative estimate of drug-likeness (QED) is 0.122. The van der Waals surface area contributed by atoms with Gasteiger partial charge in [0, 0.05) is 0 Å². The second-order valence-electron chi connectivity index (χ2n) is 9.05. The molecular formula is C23H16N8O16. The Hall–Kier alpha value is -7.40. The molecule has 0 radical (unpaired) electrons. The Labute approximate surface area is 257 Å². The summed E-state index contributed by atoms with van der Waals surface area (Å²) in [4.78, 5) is 87.7. The highest BCUT2D eigenvalue weighted by molar-refractivity contribution is 6.06. The molecular weight excluding hydrogens is 644 g/mol. The van der Waals surface area contributed by atoms with Crippen LogP contribution in [0, 0.1) is 67.6 Å². The van der Waals surface area contributed by atoms with Crippen molar-refractivity contribution in [2.45, 2.75) is 20.1 Å². The van der Waals surface area contributed by atoms with Crippen LogP contribution in [0.25, 0.3) is 0 Å². The van der Waals surface area contributed by atoms with Crippen LogP contribution in [0.3, 0.4) is 0 Å². The van der Waals surface area contributed by atoms with Crippen molar-refractivity contribution in [2.24, 2.45) is 0 Å². The van der Waals surface area contributed by atoms with Gasteiger partial charge in [-0.3, -0.25) is 60.7 Å². The number of nitro benzene ring substituents is 6. The molecule has 0 aliphatic carbocycles. The molecule has 4 N–H and O–H groups in total. The van der Waals surface area contributed by atoms with Crippen molar-refractivity contribution in [3.05, 3.63) is 119 Å². The Bertz CT molecular complexity index is 1870. The standard InChI is InChI=1S/C23H16N8O16/c1-9-20(23(33)47-8-14-18(30(42)43)4-11(27(36)37)5-19(14)31(44)45)12(6-15(24)21(9)25)22(32)46-7-13-16(28(38)39)2-10(26(34)35)3-17(13)29(40)41/h2-6H,7-8,24-25H2,1H3. The van der Waals surface area contributed by atoms with Crippen molar-refractivity contribution in [1.29, 1.82) is 0 Å². The fourth-order valence-electron chi connectivity index (χ4n) is 4.12. The van der Waals surface area contributed by atoms with Crippen molar-refractivity contribution in [3.8, 4) is 0 Å². The molecule has 47 heavy (non-hydrogen) atoms. The summed E-state index contributed by atoms with van der Waals surface area (Å²) in [5.41, 5.74) is 0.908. The van der Waals surface area contributed by atoms with E-state index in [0.29, 0.717) is 24.3 Å². The van der Waals surface area contributed by atoms with Gasteiger partial charge >= 0.3 is 11.9 Å². The van der Waals surface area contributed by atoms with Crippen LogP contribution in [0.1, 0.15) is 37.4 Å². The first-order valence-electron chi connectivity index (χ1n) is 12.1. The zero-order valence-corrected chi connectivity index (χ0v) is 23.2. The first kappa shape index (κ1) is 34.1. The van der Waals surface area contributed by atoms with Gasteiger partial charge in [-0.1, -0.05) is 0 Å². The second kappa shape index (κ2) is 13.1. The maximum Gasteiger partial charge on any atom is 0.339 e. The molecule has 0 bridgehead atoms. The number of nitro groups is 6. The van der Waals surface area contributed by atoms with E-state index in [1.165, 1.54) is 0 Å². The highest BCUT2D eigenvalue weighted by atomic mass is 16.7. The van der Waals surface area contributed by atoms with E-state index in [2.05, 4.69) is 0 Å². The van der Waals surface area contributed by atoms with Gasteiger partial charge in [-0.2, -0.15) is 0 Å². The monoisotopic (exact) mass is 660 g/mol. The average Bonchev–Trinajstić information content (AvgIpc) is 2.99. The number of anilines is 2. The minimum Gasteiger partial charge on any atom is -0.457 e. The number of nitrogens with two attached hydrogens (primary N) is 2. The summed E-state index contributed by atoms with van der Waals surface area (Å²) in [5.74, 6) is -3.02. The molecule has 0 aromatic heterocycles. The Kier molecular flexibility index (Phi) is 9.49. The number of carbonyl (C=O) groups is 2. The zero-order valence-electron chi connectivity index (χ0n) is 23.2. The van der Waals surface area contributed by atoms with Crippen LogP contribution in [0.2, 0.25) is 0 Å². The van der Waals surface area contributed by atoms with Crippen LogP contribution in [0.15, 0.2) is 30.3 Å². The zero-order chi connectivity index (χ0) is 35.5. The predicted octanol–water partition coefficient (Wildman–Crippen LogP) is 3.32. The van der Waals surface area contributed by atoms with E-state index in [1.54, 1.807) is 0 Å². The predicted molar refractivity (Wildman–Crippen MR) is 151 cm³/mol. The molecule has 24 heteroatoms. The topological polar surface area (TPSA) is 363 Å². The van der Waals surface area contributed by atoms with Crippen molar-refractivity contribution in [3.63, 3.8) is 0 Å². The summed E-state index contributed by atoms with van der Waals surface area (Å²) in [6.07, 6.45) is 0. The molecule has 0 saturated heterocycles.